The lowest BCUT2D eigenvalue weighted by Crippen LogP contribution is -2.52. The molecule has 0 aromatic carbocycles. The van der Waals surface area contributed by atoms with Crippen molar-refractivity contribution in [3.05, 3.63) is 0 Å². The van der Waals surface area contributed by atoms with Gasteiger partial charge >= 0.3 is 0 Å². The lowest BCUT2D eigenvalue weighted by Gasteiger charge is -2.30. The Morgan fingerprint density at radius 1 is 1.56 bits per heavy atom. The van der Waals surface area contributed by atoms with E-state index in [0.29, 0.717) is 26.1 Å². The molecule has 4 nitrogen and oxygen atoms in total. The molecule has 1 atom stereocenters. The SMILES string of the molecule is CCC(C#N)(CC)C(=O)NC1(C)CCOC1. The first-order chi connectivity index (χ1) is 7.52. The van der Waals surface area contributed by atoms with Crippen LogP contribution in [0.25, 0.3) is 0 Å². The molecule has 1 fully saturated rings. The minimum absolute atomic E-state index is 0.159. The number of carbonyl (C=O) groups excluding carboxylic acids is 1. The minimum atomic E-state index is -0.883. The summed E-state index contributed by atoms with van der Waals surface area (Å²) < 4.78 is 5.28. The second-order valence-corrected chi connectivity index (χ2v) is 4.72. The van der Waals surface area contributed by atoms with E-state index in [0.717, 1.165) is 6.42 Å². The number of hydrogen-bond acceptors (Lipinski definition) is 3. The van der Waals surface area contributed by atoms with Crippen LogP contribution < -0.4 is 5.32 Å². The van der Waals surface area contributed by atoms with E-state index < -0.39 is 5.41 Å². The van der Waals surface area contributed by atoms with Crippen molar-refractivity contribution in [3.8, 4) is 6.07 Å². The largest absolute Gasteiger partial charge is 0.379 e. The number of nitrogens with zero attached hydrogens (tertiary/aromatic N) is 1. The van der Waals surface area contributed by atoms with Crippen molar-refractivity contribution in [2.24, 2.45) is 5.41 Å². The van der Waals surface area contributed by atoms with Crippen molar-refractivity contribution in [1.29, 1.82) is 5.26 Å². The van der Waals surface area contributed by atoms with Gasteiger partial charge in [0.05, 0.1) is 18.2 Å². The summed E-state index contributed by atoms with van der Waals surface area (Å²) in [4.78, 5) is 12.1. The maximum atomic E-state index is 12.1. The first-order valence-corrected chi connectivity index (χ1v) is 5.83. The van der Waals surface area contributed by atoms with Gasteiger partial charge in [-0.15, -0.1) is 0 Å². The number of amides is 1. The van der Waals surface area contributed by atoms with Gasteiger partial charge in [0, 0.05) is 6.61 Å². The highest BCUT2D eigenvalue weighted by atomic mass is 16.5. The van der Waals surface area contributed by atoms with Gasteiger partial charge in [0.15, 0.2) is 0 Å². The third-order valence-electron chi connectivity index (χ3n) is 3.49. The zero-order valence-corrected chi connectivity index (χ0v) is 10.3. The van der Waals surface area contributed by atoms with Gasteiger partial charge in [-0.1, -0.05) is 13.8 Å². The molecule has 90 valence electrons. The van der Waals surface area contributed by atoms with Gasteiger partial charge in [-0.3, -0.25) is 4.79 Å². The molecule has 16 heavy (non-hydrogen) atoms. The van der Waals surface area contributed by atoms with Crippen LogP contribution in [0, 0.1) is 16.7 Å². The molecule has 1 aliphatic heterocycles. The molecule has 0 aromatic heterocycles. The van der Waals surface area contributed by atoms with E-state index >= 15 is 0 Å². The fourth-order valence-corrected chi connectivity index (χ4v) is 1.94. The maximum absolute atomic E-state index is 12.1. The smallest absolute Gasteiger partial charge is 0.240 e. The quantitative estimate of drug-likeness (QED) is 0.789. The summed E-state index contributed by atoms with van der Waals surface area (Å²) in [5.41, 5.74) is -1.19. The Kier molecular flexibility index (Phi) is 3.93. The monoisotopic (exact) mass is 224 g/mol. The highest BCUT2D eigenvalue weighted by Crippen LogP contribution is 2.28. The van der Waals surface area contributed by atoms with E-state index in [4.69, 9.17) is 10.00 Å². The second kappa shape index (κ2) is 4.84. The molecule has 1 aliphatic rings. The number of nitrogens with one attached hydrogen (secondary N) is 1. The summed E-state index contributed by atoms with van der Waals surface area (Å²) in [6.07, 6.45) is 1.90. The van der Waals surface area contributed by atoms with Crippen molar-refractivity contribution in [2.75, 3.05) is 13.2 Å². The van der Waals surface area contributed by atoms with E-state index in [1.54, 1.807) is 0 Å². The standard InChI is InChI=1S/C12H20N2O2/c1-4-12(5-2,8-13)10(15)14-11(3)6-7-16-9-11/h4-7,9H2,1-3H3,(H,14,15). The summed E-state index contributed by atoms with van der Waals surface area (Å²) >= 11 is 0. The molecule has 1 amide bonds. The van der Waals surface area contributed by atoms with Crippen LogP contribution in [0.1, 0.15) is 40.0 Å². The lowest BCUT2D eigenvalue weighted by atomic mass is 9.82. The van der Waals surface area contributed by atoms with Gasteiger partial charge in [-0.05, 0) is 26.2 Å². The topological polar surface area (TPSA) is 62.1 Å². The zero-order valence-electron chi connectivity index (χ0n) is 10.3. The van der Waals surface area contributed by atoms with Gasteiger partial charge in [0.1, 0.15) is 5.41 Å². The van der Waals surface area contributed by atoms with Gasteiger partial charge < -0.3 is 10.1 Å². The van der Waals surface area contributed by atoms with Gasteiger partial charge in [0.2, 0.25) is 5.91 Å². The average Bonchev–Trinajstić information content (AvgIpc) is 2.68. The van der Waals surface area contributed by atoms with Crippen molar-refractivity contribution >= 4 is 5.91 Å². The maximum Gasteiger partial charge on any atom is 0.240 e. The van der Waals surface area contributed by atoms with Crippen molar-refractivity contribution in [2.45, 2.75) is 45.6 Å². The zero-order chi connectivity index (χ0) is 12.2. The fraction of sp³-hybridized carbons (Fsp3) is 0.833. The lowest BCUT2D eigenvalue weighted by molar-refractivity contribution is -0.130. The molecular formula is C12H20N2O2. The van der Waals surface area contributed by atoms with Crippen LogP contribution >= 0.6 is 0 Å². The summed E-state index contributed by atoms with van der Waals surface area (Å²) in [5, 5.41) is 12.1. The Bertz CT molecular complexity index is 297. The highest BCUT2D eigenvalue weighted by molar-refractivity contribution is 5.86. The number of rotatable bonds is 4. The summed E-state index contributed by atoms with van der Waals surface area (Å²) in [7, 11) is 0. The molecule has 1 unspecified atom stereocenters. The van der Waals surface area contributed by atoms with Crippen molar-refractivity contribution < 1.29 is 9.53 Å². The molecule has 4 heteroatoms. The Hall–Kier alpha value is -1.08. The third kappa shape index (κ3) is 2.35. The summed E-state index contributed by atoms with van der Waals surface area (Å²) in [5.74, 6) is -0.159. The van der Waals surface area contributed by atoms with E-state index in [-0.39, 0.29) is 11.4 Å². The van der Waals surface area contributed by atoms with E-state index in [1.807, 2.05) is 20.8 Å². The van der Waals surface area contributed by atoms with Crippen molar-refractivity contribution in [1.82, 2.24) is 5.32 Å². The average molecular weight is 224 g/mol. The molecular weight excluding hydrogens is 204 g/mol. The van der Waals surface area contributed by atoms with Crippen LogP contribution in [0.3, 0.4) is 0 Å². The molecule has 1 heterocycles. The van der Waals surface area contributed by atoms with E-state index in [1.165, 1.54) is 0 Å². The van der Waals surface area contributed by atoms with Crippen LogP contribution in [0.15, 0.2) is 0 Å². The van der Waals surface area contributed by atoms with E-state index in [2.05, 4.69) is 11.4 Å². The number of nitriles is 1. The Labute approximate surface area is 97.0 Å². The van der Waals surface area contributed by atoms with Crippen LogP contribution in [-0.2, 0) is 9.53 Å². The third-order valence-corrected chi connectivity index (χ3v) is 3.49. The van der Waals surface area contributed by atoms with Gasteiger partial charge in [-0.2, -0.15) is 5.26 Å². The molecule has 0 spiro atoms. The predicted octanol–water partition coefficient (Wildman–Crippen LogP) is 1.61. The highest BCUT2D eigenvalue weighted by Gasteiger charge is 2.40. The Morgan fingerprint density at radius 2 is 2.19 bits per heavy atom. The molecule has 1 saturated heterocycles. The molecule has 1 rings (SSSR count). The van der Waals surface area contributed by atoms with Gasteiger partial charge in [-0.25, -0.2) is 0 Å². The first-order valence-electron chi connectivity index (χ1n) is 5.83. The summed E-state index contributed by atoms with van der Waals surface area (Å²) in [6, 6.07) is 2.15. The minimum Gasteiger partial charge on any atom is -0.379 e. The van der Waals surface area contributed by atoms with Crippen molar-refractivity contribution in [3.63, 3.8) is 0 Å². The predicted molar refractivity (Wildman–Crippen MR) is 60.6 cm³/mol. The first kappa shape index (κ1) is 13.0. The molecule has 0 aromatic rings. The molecule has 0 saturated carbocycles. The van der Waals surface area contributed by atoms with Crippen LogP contribution in [-0.4, -0.2) is 24.7 Å². The normalized spacial score (nSPS) is 25.1. The second-order valence-electron chi connectivity index (χ2n) is 4.72. The fourth-order valence-electron chi connectivity index (χ4n) is 1.94. The van der Waals surface area contributed by atoms with Gasteiger partial charge in [0.25, 0.3) is 0 Å². The summed E-state index contributed by atoms with van der Waals surface area (Å²) in [6.45, 7) is 6.92. The Morgan fingerprint density at radius 3 is 2.56 bits per heavy atom. The number of hydrogen-bond donors (Lipinski definition) is 1. The van der Waals surface area contributed by atoms with Crippen LogP contribution in [0.4, 0.5) is 0 Å². The molecule has 1 N–H and O–H groups in total. The van der Waals surface area contributed by atoms with Crippen LogP contribution in [0.2, 0.25) is 0 Å². The number of ether oxygens (including phenoxy) is 1. The number of carbonyl (C=O) groups is 1. The molecule has 0 bridgehead atoms. The molecule has 0 aliphatic carbocycles. The van der Waals surface area contributed by atoms with Crippen LogP contribution in [0.5, 0.6) is 0 Å². The Balaban J connectivity index is 2.74. The molecule has 0 radical (unpaired) electrons. The van der Waals surface area contributed by atoms with E-state index in [9.17, 15) is 4.79 Å².